The third-order valence-electron chi connectivity index (χ3n) is 3.78. The number of carbonyl (C=O) groups excluding carboxylic acids is 2. The van der Waals surface area contributed by atoms with Crippen LogP contribution in [0, 0.1) is 5.92 Å². The minimum Gasteiger partial charge on any atom is -0.469 e. The minimum absolute atomic E-state index is 0.172. The van der Waals surface area contributed by atoms with Crippen molar-refractivity contribution in [2.45, 2.75) is 31.6 Å². The third-order valence-corrected chi connectivity index (χ3v) is 3.78. The third kappa shape index (κ3) is 3.59. The summed E-state index contributed by atoms with van der Waals surface area (Å²) < 4.78 is 10.0. The molecule has 1 aliphatic heterocycles. The maximum atomic E-state index is 12.1. The highest BCUT2D eigenvalue weighted by molar-refractivity contribution is 5.77. The molecule has 1 aromatic carbocycles. The Kier molecular flexibility index (Phi) is 5.16. The summed E-state index contributed by atoms with van der Waals surface area (Å²) >= 11 is 0. The highest BCUT2D eigenvalue weighted by Gasteiger charge is 2.33. The van der Waals surface area contributed by atoms with Gasteiger partial charge in [0.2, 0.25) is 0 Å². The average molecular weight is 276 g/mol. The number of cyclic esters (lactones) is 1. The van der Waals surface area contributed by atoms with Crippen molar-refractivity contribution in [2.24, 2.45) is 5.92 Å². The van der Waals surface area contributed by atoms with Crippen molar-refractivity contribution in [3.63, 3.8) is 0 Å². The van der Waals surface area contributed by atoms with Gasteiger partial charge in [0.1, 0.15) is 0 Å². The van der Waals surface area contributed by atoms with Gasteiger partial charge in [-0.1, -0.05) is 30.3 Å². The topological polar surface area (TPSA) is 52.6 Å². The number of hydrogen-bond acceptors (Lipinski definition) is 4. The molecule has 0 saturated carbocycles. The first-order valence-corrected chi connectivity index (χ1v) is 7.00. The molecule has 4 heteroatoms. The van der Waals surface area contributed by atoms with Crippen molar-refractivity contribution < 1.29 is 19.1 Å². The van der Waals surface area contributed by atoms with E-state index < -0.39 is 0 Å². The van der Waals surface area contributed by atoms with Crippen LogP contribution in [0.1, 0.15) is 37.2 Å². The Labute approximate surface area is 119 Å². The molecule has 1 heterocycles. The monoisotopic (exact) mass is 276 g/mol. The molecule has 0 unspecified atom stereocenters. The van der Waals surface area contributed by atoms with Crippen LogP contribution in [0.3, 0.4) is 0 Å². The predicted octanol–water partition coefficient (Wildman–Crippen LogP) is 2.68. The molecule has 0 aromatic heterocycles. The van der Waals surface area contributed by atoms with Crippen LogP contribution in [0.5, 0.6) is 0 Å². The summed E-state index contributed by atoms with van der Waals surface area (Å²) in [5.41, 5.74) is 0.988. The van der Waals surface area contributed by atoms with E-state index in [1.54, 1.807) is 0 Å². The Hall–Kier alpha value is -1.84. The van der Waals surface area contributed by atoms with E-state index in [-0.39, 0.29) is 30.2 Å². The van der Waals surface area contributed by atoms with Gasteiger partial charge in [-0.3, -0.25) is 9.59 Å². The van der Waals surface area contributed by atoms with Crippen LogP contribution < -0.4 is 0 Å². The van der Waals surface area contributed by atoms with E-state index in [9.17, 15) is 9.59 Å². The van der Waals surface area contributed by atoms with Crippen LogP contribution >= 0.6 is 0 Å². The molecular formula is C16H20O4. The highest BCUT2D eigenvalue weighted by atomic mass is 16.5. The SMILES string of the molecule is COC(=O)C[C@@H](c1ccccc1)[C@@H]1CCCCOC1=O. The Bertz CT molecular complexity index is 455. The molecule has 2 rings (SSSR count). The summed E-state index contributed by atoms with van der Waals surface area (Å²) in [5, 5.41) is 0. The summed E-state index contributed by atoms with van der Waals surface area (Å²) in [7, 11) is 1.37. The van der Waals surface area contributed by atoms with Crippen molar-refractivity contribution in [1.82, 2.24) is 0 Å². The first kappa shape index (κ1) is 14.6. The molecule has 1 saturated heterocycles. The Morgan fingerprint density at radius 2 is 2.10 bits per heavy atom. The summed E-state index contributed by atoms with van der Waals surface area (Å²) in [6, 6.07) is 9.66. The van der Waals surface area contributed by atoms with Crippen LogP contribution in [0.15, 0.2) is 30.3 Å². The molecule has 0 spiro atoms. The Balaban J connectivity index is 2.25. The van der Waals surface area contributed by atoms with Crippen LogP contribution in [0.2, 0.25) is 0 Å². The van der Waals surface area contributed by atoms with Gasteiger partial charge in [0.25, 0.3) is 0 Å². The number of esters is 2. The van der Waals surface area contributed by atoms with Crippen LogP contribution in [0.4, 0.5) is 0 Å². The second-order valence-corrected chi connectivity index (χ2v) is 5.07. The normalized spacial score (nSPS) is 20.6. The fourth-order valence-electron chi connectivity index (χ4n) is 2.68. The summed E-state index contributed by atoms with van der Waals surface area (Å²) in [4.78, 5) is 23.8. The molecule has 1 aromatic rings. The second kappa shape index (κ2) is 7.08. The first-order chi connectivity index (χ1) is 9.72. The lowest BCUT2D eigenvalue weighted by Gasteiger charge is -2.23. The lowest BCUT2D eigenvalue weighted by Crippen LogP contribution is -2.25. The molecule has 0 radical (unpaired) electrons. The molecular weight excluding hydrogens is 256 g/mol. The maximum Gasteiger partial charge on any atom is 0.309 e. The van der Waals surface area contributed by atoms with Crippen molar-refractivity contribution in [3.05, 3.63) is 35.9 Å². The standard InChI is InChI=1S/C16H20O4/c1-19-15(17)11-14(12-7-3-2-4-8-12)13-9-5-6-10-20-16(13)18/h2-4,7-8,13-14H,5-6,9-11H2,1H3/t13-,14-/m0/s1. The zero-order valence-electron chi connectivity index (χ0n) is 11.7. The predicted molar refractivity (Wildman–Crippen MR) is 74.1 cm³/mol. The van der Waals surface area contributed by atoms with Crippen molar-refractivity contribution in [3.8, 4) is 0 Å². The molecule has 1 fully saturated rings. The fourth-order valence-corrected chi connectivity index (χ4v) is 2.68. The van der Waals surface area contributed by atoms with Crippen LogP contribution in [0.25, 0.3) is 0 Å². The molecule has 0 bridgehead atoms. The van der Waals surface area contributed by atoms with Gasteiger partial charge in [-0.05, 0) is 24.8 Å². The van der Waals surface area contributed by atoms with Gasteiger partial charge in [0.05, 0.1) is 26.1 Å². The number of ether oxygens (including phenoxy) is 2. The van der Waals surface area contributed by atoms with E-state index in [1.165, 1.54) is 7.11 Å². The molecule has 0 N–H and O–H groups in total. The largest absolute Gasteiger partial charge is 0.469 e. The molecule has 20 heavy (non-hydrogen) atoms. The molecule has 0 aliphatic carbocycles. The number of methoxy groups -OCH3 is 1. The molecule has 4 nitrogen and oxygen atoms in total. The Morgan fingerprint density at radius 3 is 2.80 bits per heavy atom. The maximum absolute atomic E-state index is 12.1. The number of rotatable bonds is 4. The second-order valence-electron chi connectivity index (χ2n) is 5.07. The van der Waals surface area contributed by atoms with Gasteiger partial charge >= 0.3 is 11.9 Å². The molecule has 1 aliphatic rings. The molecule has 0 amide bonds. The van der Waals surface area contributed by atoms with Gasteiger partial charge in [0, 0.05) is 5.92 Å². The van der Waals surface area contributed by atoms with Crippen molar-refractivity contribution in [2.75, 3.05) is 13.7 Å². The number of hydrogen-bond donors (Lipinski definition) is 0. The zero-order chi connectivity index (χ0) is 14.4. The van der Waals surface area contributed by atoms with Gasteiger partial charge in [0.15, 0.2) is 0 Å². The molecule has 2 atom stereocenters. The van der Waals surface area contributed by atoms with E-state index in [0.29, 0.717) is 6.61 Å². The molecule has 108 valence electrons. The summed E-state index contributed by atoms with van der Waals surface area (Å²) in [6.45, 7) is 0.481. The van der Waals surface area contributed by atoms with Gasteiger partial charge in [-0.15, -0.1) is 0 Å². The average Bonchev–Trinajstić information content (AvgIpc) is 2.70. The highest BCUT2D eigenvalue weighted by Crippen LogP contribution is 2.34. The van der Waals surface area contributed by atoms with E-state index in [1.807, 2.05) is 30.3 Å². The summed E-state index contributed by atoms with van der Waals surface area (Å²) in [6.07, 6.45) is 2.80. The van der Waals surface area contributed by atoms with Crippen LogP contribution in [-0.2, 0) is 19.1 Å². The zero-order valence-corrected chi connectivity index (χ0v) is 11.7. The minimum atomic E-state index is -0.295. The fraction of sp³-hybridized carbons (Fsp3) is 0.500. The lowest BCUT2D eigenvalue weighted by atomic mass is 9.81. The number of benzene rings is 1. The summed E-state index contributed by atoms with van der Waals surface area (Å²) in [5.74, 6) is -0.926. The van der Waals surface area contributed by atoms with Crippen LogP contribution in [-0.4, -0.2) is 25.7 Å². The Morgan fingerprint density at radius 1 is 1.35 bits per heavy atom. The van der Waals surface area contributed by atoms with E-state index in [0.717, 1.165) is 24.8 Å². The van der Waals surface area contributed by atoms with Gasteiger partial charge in [-0.2, -0.15) is 0 Å². The van der Waals surface area contributed by atoms with E-state index in [2.05, 4.69) is 0 Å². The van der Waals surface area contributed by atoms with Crippen molar-refractivity contribution in [1.29, 1.82) is 0 Å². The van der Waals surface area contributed by atoms with Gasteiger partial charge < -0.3 is 9.47 Å². The smallest absolute Gasteiger partial charge is 0.309 e. The van der Waals surface area contributed by atoms with E-state index >= 15 is 0 Å². The van der Waals surface area contributed by atoms with Crippen molar-refractivity contribution >= 4 is 11.9 Å². The van der Waals surface area contributed by atoms with Gasteiger partial charge in [-0.25, -0.2) is 0 Å². The van der Waals surface area contributed by atoms with E-state index in [4.69, 9.17) is 9.47 Å². The number of carbonyl (C=O) groups is 2. The first-order valence-electron chi connectivity index (χ1n) is 7.00. The lowest BCUT2D eigenvalue weighted by molar-refractivity contribution is -0.149. The quantitative estimate of drug-likeness (QED) is 0.793.